The number of carbonyl (C=O) groups is 1. The Bertz CT molecular complexity index is 919. The third-order valence-corrected chi connectivity index (χ3v) is 6.27. The second-order valence-corrected chi connectivity index (χ2v) is 10.1. The number of aromatic nitrogens is 2. The van der Waals surface area contributed by atoms with Crippen LogP contribution in [0.2, 0.25) is 0 Å². The maximum atomic E-state index is 12.6. The van der Waals surface area contributed by atoms with Gasteiger partial charge in [0.25, 0.3) is 0 Å². The summed E-state index contributed by atoms with van der Waals surface area (Å²) in [5.41, 5.74) is 1.79. The summed E-state index contributed by atoms with van der Waals surface area (Å²) < 4.78 is 30.5. The molecule has 1 aliphatic heterocycles. The quantitative estimate of drug-likeness (QED) is 0.775. The van der Waals surface area contributed by atoms with Crippen LogP contribution in [-0.4, -0.2) is 48.3 Å². The van der Waals surface area contributed by atoms with Gasteiger partial charge < -0.3 is 9.32 Å². The van der Waals surface area contributed by atoms with Gasteiger partial charge in [-0.15, -0.1) is 5.10 Å². The van der Waals surface area contributed by atoms with Gasteiger partial charge >= 0.3 is 5.22 Å². The van der Waals surface area contributed by atoms with Crippen molar-refractivity contribution in [1.29, 1.82) is 0 Å². The van der Waals surface area contributed by atoms with E-state index in [1.807, 2.05) is 24.3 Å². The fraction of sp³-hybridized carbons (Fsp3) is 0.550. The average Bonchev–Trinajstić information content (AvgIpc) is 2.98. The maximum Gasteiger partial charge on any atom is 0.336 e. The summed E-state index contributed by atoms with van der Waals surface area (Å²) in [5.74, 6) is -0.921. The minimum Gasteiger partial charge on any atom is -0.408 e. The van der Waals surface area contributed by atoms with E-state index in [-0.39, 0.29) is 11.3 Å². The molecule has 0 atom stereocenters. The molecule has 152 valence electrons. The minimum atomic E-state index is -3.97. The predicted molar refractivity (Wildman–Crippen MR) is 106 cm³/mol. The predicted octanol–water partition coefficient (Wildman–Crippen LogP) is 3.21. The Balaban J connectivity index is 1.74. The van der Waals surface area contributed by atoms with Gasteiger partial charge in [0.05, 0.1) is 0 Å². The summed E-state index contributed by atoms with van der Waals surface area (Å²) in [6, 6.07) is 7.56. The van der Waals surface area contributed by atoms with Crippen LogP contribution in [0.4, 0.5) is 0 Å². The highest BCUT2D eigenvalue weighted by Gasteiger charge is 2.29. The molecule has 2 heterocycles. The van der Waals surface area contributed by atoms with E-state index in [2.05, 4.69) is 31.0 Å². The molecule has 1 amide bonds. The fourth-order valence-electron chi connectivity index (χ4n) is 3.20. The number of carbonyl (C=O) groups excluding carboxylic acids is 1. The molecular weight excluding hydrogens is 378 g/mol. The van der Waals surface area contributed by atoms with Gasteiger partial charge in [-0.25, -0.2) is 8.42 Å². The van der Waals surface area contributed by atoms with Gasteiger partial charge in [-0.3, -0.25) is 4.79 Å². The Kier molecular flexibility index (Phi) is 5.88. The Morgan fingerprint density at radius 3 is 2.21 bits per heavy atom. The molecule has 0 saturated carbocycles. The summed E-state index contributed by atoms with van der Waals surface area (Å²) in [6.07, 6.45) is 3.94. The molecule has 1 aromatic carbocycles. The normalized spacial score (nSPS) is 16.0. The summed E-state index contributed by atoms with van der Waals surface area (Å²) in [7, 11) is -3.97. The van der Waals surface area contributed by atoms with Crippen molar-refractivity contribution in [3.05, 3.63) is 29.8 Å². The standard InChI is InChI=1S/C20H27N3O4S/c1-20(2,3)16-10-8-15(9-11-16)18-21-22-19(27-18)28(25,26)14-17(24)23-12-6-4-5-7-13-23/h8-11H,4-7,12-14H2,1-3H3. The molecule has 1 saturated heterocycles. The second kappa shape index (κ2) is 8.03. The highest BCUT2D eigenvalue weighted by atomic mass is 32.2. The van der Waals surface area contributed by atoms with Crippen LogP contribution in [0.1, 0.15) is 52.0 Å². The summed E-state index contributed by atoms with van der Waals surface area (Å²) in [5, 5.41) is 7.03. The van der Waals surface area contributed by atoms with Crippen molar-refractivity contribution in [3.63, 3.8) is 0 Å². The van der Waals surface area contributed by atoms with Crippen LogP contribution in [0.3, 0.4) is 0 Å². The molecule has 8 heteroatoms. The molecule has 0 aliphatic carbocycles. The molecule has 0 N–H and O–H groups in total. The molecule has 7 nitrogen and oxygen atoms in total. The zero-order valence-electron chi connectivity index (χ0n) is 16.6. The molecule has 2 aromatic rings. The van der Waals surface area contributed by atoms with E-state index in [0.717, 1.165) is 31.2 Å². The van der Waals surface area contributed by atoms with E-state index in [4.69, 9.17) is 4.42 Å². The van der Waals surface area contributed by atoms with Gasteiger partial charge in [-0.2, -0.15) is 0 Å². The summed E-state index contributed by atoms with van der Waals surface area (Å²) >= 11 is 0. The largest absolute Gasteiger partial charge is 0.408 e. The number of amides is 1. The lowest BCUT2D eigenvalue weighted by atomic mass is 9.87. The van der Waals surface area contributed by atoms with E-state index in [1.165, 1.54) is 0 Å². The van der Waals surface area contributed by atoms with E-state index >= 15 is 0 Å². The van der Waals surface area contributed by atoms with Gasteiger partial charge in [0.1, 0.15) is 5.75 Å². The number of hydrogen-bond acceptors (Lipinski definition) is 6. The first-order valence-electron chi connectivity index (χ1n) is 9.62. The molecule has 1 aliphatic rings. The van der Waals surface area contributed by atoms with Gasteiger partial charge in [-0.1, -0.05) is 50.8 Å². The molecule has 0 spiro atoms. The molecule has 0 unspecified atom stereocenters. The fourth-order valence-corrected chi connectivity index (χ4v) is 4.20. The van der Waals surface area contributed by atoms with Crippen molar-refractivity contribution >= 4 is 15.7 Å². The molecular formula is C20H27N3O4S. The first-order valence-corrected chi connectivity index (χ1v) is 11.3. The smallest absolute Gasteiger partial charge is 0.336 e. The zero-order chi connectivity index (χ0) is 20.4. The molecule has 0 bridgehead atoms. The average molecular weight is 406 g/mol. The Morgan fingerprint density at radius 1 is 1.04 bits per heavy atom. The van der Waals surface area contributed by atoms with Gasteiger partial charge in [0.2, 0.25) is 21.6 Å². The lowest BCUT2D eigenvalue weighted by molar-refractivity contribution is -0.128. The number of likely N-dealkylation sites (tertiary alicyclic amines) is 1. The van der Waals surface area contributed by atoms with E-state index in [9.17, 15) is 13.2 Å². The van der Waals surface area contributed by atoms with Crippen LogP contribution in [0.25, 0.3) is 11.5 Å². The summed E-state index contributed by atoms with van der Waals surface area (Å²) in [6.45, 7) is 7.54. The zero-order valence-corrected chi connectivity index (χ0v) is 17.5. The van der Waals surface area contributed by atoms with Crippen LogP contribution in [0.15, 0.2) is 33.9 Å². The van der Waals surface area contributed by atoms with Crippen LogP contribution in [0, 0.1) is 0 Å². The third-order valence-electron chi connectivity index (χ3n) is 4.94. The van der Waals surface area contributed by atoms with Crippen LogP contribution in [-0.2, 0) is 20.0 Å². The van der Waals surface area contributed by atoms with Crippen LogP contribution in [0.5, 0.6) is 0 Å². The van der Waals surface area contributed by atoms with Crippen molar-refractivity contribution in [2.24, 2.45) is 0 Å². The topological polar surface area (TPSA) is 93.4 Å². The Labute approximate surface area is 166 Å². The van der Waals surface area contributed by atoms with E-state index in [1.54, 1.807) is 4.90 Å². The van der Waals surface area contributed by atoms with Gasteiger partial charge in [0.15, 0.2) is 0 Å². The SMILES string of the molecule is CC(C)(C)c1ccc(-c2nnc(S(=O)(=O)CC(=O)N3CCCCCC3)o2)cc1. The Hall–Kier alpha value is -2.22. The lowest BCUT2D eigenvalue weighted by Crippen LogP contribution is -2.36. The van der Waals surface area contributed by atoms with Crippen LogP contribution < -0.4 is 0 Å². The molecule has 28 heavy (non-hydrogen) atoms. The number of benzene rings is 1. The first-order chi connectivity index (χ1) is 13.2. The number of nitrogens with zero attached hydrogens (tertiary/aromatic N) is 3. The van der Waals surface area contributed by atoms with Crippen molar-refractivity contribution in [1.82, 2.24) is 15.1 Å². The number of sulfone groups is 1. The maximum absolute atomic E-state index is 12.6. The highest BCUT2D eigenvalue weighted by molar-refractivity contribution is 7.91. The lowest BCUT2D eigenvalue weighted by Gasteiger charge is -2.19. The highest BCUT2D eigenvalue weighted by Crippen LogP contribution is 2.26. The second-order valence-electron chi connectivity index (χ2n) is 8.25. The molecule has 0 radical (unpaired) electrons. The summed E-state index contributed by atoms with van der Waals surface area (Å²) in [4.78, 5) is 14.0. The minimum absolute atomic E-state index is 0.00949. The molecule has 1 aromatic heterocycles. The van der Waals surface area contributed by atoms with Crippen molar-refractivity contribution in [2.75, 3.05) is 18.8 Å². The first kappa shape index (κ1) is 20.5. The Morgan fingerprint density at radius 2 is 1.64 bits per heavy atom. The molecule has 3 rings (SSSR count). The van der Waals surface area contributed by atoms with Crippen LogP contribution >= 0.6 is 0 Å². The van der Waals surface area contributed by atoms with Gasteiger partial charge in [-0.05, 0) is 36.0 Å². The third kappa shape index (κ3) is 4.79. The molecule has 1 fully saturated rings. The number of hydrogen-bond donors (Lipinski definition) is 0. The van der Waals surface area contributed by atoms with Crippen molar-refractivity contribution in [3.8, 4) is 11.5 Å². The van der Waals surface area contributed by atoms with Gasteiger partial charge in [0, 0.05) is 18.7 Å². The number of rotatable bonds is 4. The van der Waals surface area contributed by atoms with Crippen molar-refractivity contribution in [2.45, 2.75) is 57.1 Å². The van der Waals surface area contributed by atoms with E-state index in [0.29, 0.717) is 18.7 Å². The van der Waals surface area contributed by atoms with Crippen molar-refractivity contribution < 1.29 is 17.6 Å². The van der Waals surface area contributed by atoms with E-state index < -0.39 is 26.7 Å². The monoisotopic (exact) mass is 405 g/mol.